The minimum atomic E-state index is -0.102. The fourth-order valence-electron chi connectivity index (χ4n) is 3.83. The first kappa shape index (κ1) is 16.3. The Kier molecular flexibility index (Phi) is 4.55. The molecule has 0 unspecified atom stereocenters. The molecular weight excluding hydrogens is 316 g/mol. The molecule has 1 aromatic carbocycles. The van der Waals surface area contributed by atoms with E-state index in [9.17, 15) is 4.79 Å². The Morgan fingerprint density at radius 1 is 1.28 bits per heavy atom. The van der Waals surface area contributed by atoms with E-state index in [-0.39, 0.29) is 18.1 Å². The molecule has 2 saturated heterocycles. The van der Waals surface area contributed by atoms with Crippen LogP contribution >= 0.6 is 0 Å². The van der Waals surface area contributed by atoms with Gasteiger partial charge < -0.3 is 15.0 Å². The van der Waals surface area contributed by atoms with Crippen molar-refractivity contribution in [1.29, 1.82) is 0 Å². The fraction of sp³-hybridized carbons (Fsp3) is 0.474. The molecule has 0 radical (unpaired) electrons. The van der Waals surface area contributed by atoms with Crippen molar-refractivity contribution in [3.63, 3.8) is 0 Å². The van der Waals surface area contributed by atoms with E-state index in [1.54, 1.807) is 4.68 Å². The van der Waals surface area contributed by atoms with Crippen molar-refractivity contribution >= 4 is 11.6 Å². The average molecular weight is 340 g/mol. The number of carbonyl (C=O) groups is 1. The van der Waals surface area contributed by atoms with Crippen LogP contribution in [0.3, 0.4) is 0 Å². The molecular formula is C19H24N4O2. The summed E-state index contributed by atoms with van der Waals surface area (Å²) in [6.45, 7) is 2.33. The minimum Gasteiger partial charge on any atom is -0.373 e. The van der Waals surface area contributed by atoms with Crippen LogP contribution in [0.15, 0.2) is 42.7 Å². The van der Waals surface area contributed by atoms with E-state index in [0.29, 0.717) is 5.92 Å². The molecule has 1 aromatic heterocycles. The first-order valence-electron chi connectivity index (χ1n) is 8.92. The van der Waals surface area contributed by atoms with Crippen LogP contribution in [0.25, 0.3) is 0 Å². The highest BCUT2D eigenvalue weighted by Crippen LogP contribution is 2.34. The Bertz CT molecular complexity index is 730. The molecule has 2 aromatic rings. The first-order chi connectivity index (χ1) is 12.2. The smallest absolute Gasteiger partial charge is 0.244 e. The molecule has 2 aliphatic rings. The molecule has 3 atom stereocenters. The number of aryl methyl sites for hydroxylation is 1. The van der Waals surface area contributed by atoms with Gasteiger partial charge in [-0.05, 0) is 25.0 Å². The number of benzene rings is 1. The molecule has 0 spiro atoms. The lowest BCUT2D eigenvalue weighted by Gasteiger charge is -2.21. The second-order valence-electron chi connectivity index (χ2n) is 6.86. The van der Waals surface area contributed by atoms with Gasteiger partial charge in [0.15, 0.2) is 0 Å². The van der Waals surface area contributed by atoms with Gasteiger partial charge in [0.05, 0.1) is 18.3 Å². The standard InChI is InChI=1S/C19H24N4O2/c1-22-13-15(12-21-22)18-14(8-10-25-18)11-20-17-7-9-23(19(17)24)16-5-3-2-4-6-16/h2-6,12-14,17-18,20H,7-11H2,1H3/t14-,17-,18+/m0/s1. The number of nitrogens with zero attached hydrogens (tertiary/aromatic N) is 3. The van der Waals surface area contributed by atoms with Crippen LogP contribution in [-0.2, 0) is 16.6 Å². The van der Waals surface area contributed by atoms with Gasteiger partial charge >= 0.3 is 0 Å². The van der Waals surface area contributed by atoms with Crippen molar-refractivity contribution in [1.82, 2.24) is 15.1 Å². The zero-order valence-corrected chi connectivity index (χ0v) is 14.5. The van der Waals surface area contributed by atoms with Gasteiger partial charge in [0.25, 0.3) is 0 Å². The monoisotopic (exact) mass is 340 g/mol. The third kappa shape index (κ3) is 3.32. The van der Waals surface area contributed by atoms with E-state index < -0.39 is 0 Å². The van der Waals surface area contributed by atoms with Crippen LogP contribution in [-0.4, -0.2) is 41.4 Å². The first-order valence-corrected chi connectivity index (χ1v) is 8.92. The molecule has 1 N–H and O–H groups in total. The summed E-state index contributed by atoms with van der Waals surface area (Å²) < 4.78 is 7.71. The summed E-state index contributed by atoms with van der Waals surface area (Å²) in [6, 6.07) is 9.79. The maximum Gasteiger partial charge on any atom is 0.244 e. The van der Waals surface area contributed by atoms with Gasteiger partial charge in [-0.3, -0.25) is 9.48 Å². The predicted molar refractivity (Wildman–Crippen MR) is 95.2 cm³/mol. The Morgan fingerprint density at radius 2 is 2.12 bits per heavy atom. The van der Waals surface area contributed by atoms with Crippen LogP contribution < -0.4 is 10.2 Å². The van der Waals surface area contributed by atoms with Crippen molar-refractivity contribution in [3.05, 3.63) is 48.3 Å². The highest BCUT2D eigenvalue weighted by Gasteiger charge is 2.35. The third-order valence-electron chi connectivity index (χ3n) is 5.17. The van der Waals surface area contributed by atoms with Crippen LogP contribution in [0.4, 0.5) is 5.69 Å². The van der Waals surface area contributed by atoms with Gasteiger partial charge in [0, 0.05) is 50.1 Å². The van der Waals surface area contributed by atoms with Gasteiger partial charge in [-0.2, -0.15) is 5.10 Å². The second-order valence-corrected chi connectivity index (χ2v) is 6.86. The van der Waals surface area contributed by atoms with Crippen molar-refractivity contribution in [3.8, 4) is 0 Å². The largest absolute Gasteiger partial charge is 0.373 e. The van der Waals surface area contributed by atoms with Gasteiger partial charge in [0.1, 0.15) is 0 Å². The molecule has 0 saturated carbocycles. The number of hydrogen-bond acceptors (Lipinski definition) is 4. The molecule has 132 valence electrons. The lowest BCUT2D eigenvalue weighted by molar-refractivity contribution is -0.118. The van der Waals surface area contributed by atoms with Crippen molar-refractivity contribution in [2.45, 2.75) is 25.0 Å². The molecule has 6 nitrogen and oxygen atoms in total. The summed E-state index contributed by atoms with van der Waals surface area (Å²) in [7, 11) is 1.92. The SMILES string of the molecule is Cn1cc([C@@H]2OCC[C@H]2CN[C@H]2CCN(c3ccccc3)C2=O)cn1. The zero-order chi connectivity index (χ0) is 17.2. The van der Waals surface area contributed by atoms with E-state index in [1.807, 2.05) is 54.7 Å². The van der Waals surface area contributed by atoms with Crippen LogP contribution in [0.2, 0.25) is 0 Å². The quantitative estimate of drug-likeness (QED) is 0.903. The van der Waals surface area contributed by atoms with Crippen molar-refractivity contribution in [2.24, 2.45) is 13.0 Å². The van der Waals surface area contributed by atoms with E-state index in [2.05, 4.69) is 10.4 Å². The second kappa shape index (κ2) is 6.98. The van der Waals surface area contributed by atoms with E-state index in [0.717, 1.165) is 43.8 Å². The molecule has 0 aliphatic carbocycles. The number of carbonyl (C=O) groups excluding carboxylic acids is 1. The Hall–Kier alpha value is -2.18. The van der Waals surface area contributed by atoms with Crippen LogP contribution in [0.1, 0.15) is 24.5 Å². The summed E-state index contributed by atoms with van der Waals surface area (Å²) in [4.78, 5) is 14.6. The Morgan fingerprint density at radius 3 is 2.88 bits per heavy atom. The van der Waals surface area contributed by atoms with Crippen LogP contribution in [0, 0.1) is 5.92 Å². The number of nitrogens with one attached hydrogen (secondary N) is 1. The molecule has 4 rings (SSSR count). The number of aromatic nitrogens is 2. The summed E-state index contributed by atoms with van der Waals surface area (Å²) in [5.74, 6) is 0.547. The molecule has 2 aliphatic heterocycles. The predicted octanol–water partition coefficient (Wildman–Crippen LogP) is 1.89. The number of para-hydroxylation sites is 1. The van der Waals surface area contributed by atoms with Gasteiger partial charge in [-0.1, -0.05) is 18.2 Å². The third-order valence-corrected chi connectivity index (χ3v) is 5.17. The fourth-order valence-corrected chi connectivity index (χ4v) is 3.83. The highest BCUT2D eigenvalue weighted by molar-refractivity contribution is 5.99. The van der Waals surface area contributed by atoms with Gasteiger partial charge in [-0.15, -0.1) is 0 Å². The molecule has 3 heterocycles. The van der Waals surface area contributed by atoms with E-state index in [4.69, 9.17) is 4.74 Å². The number of rotatable bonds is 5. The Balaban J connectivity index is 1.36. The number of anilines is 1. The topological polar surface area (TPSA) is 59.4 Å². The molecule has 0 bridgehead atoms. The van der Waals surface area contributed by atoms with Gasteiger partial charge in [-0.25, -0.2) is 0 Å². The molecule has 25 heavy (non-hydrogen) atoms. The maximum atomic E-state index is 12.7. The summed E-state index contributed by atoms with van der Waals surface area (Å²) in [6.07, 6.45) is 5.82. The summed E-state index contributed by atoms with van der Waals surface area (Å²) >= 11 is 0. The molecule has 1 amide bonds. The molecule has 2 fully saturated rings. The summed E-state index contributed by atoms with van der Waals surface area (Å²) in [5.41, 5.74) is 2.10. The Labute approximate surface area is 147 Å². The van der Waals surface area contributed by atoms with E-state index in [1.165, 1.54) is 0 Å². The summed E-state index contributed by atoms with van der Waals surface area (Å²) in [5, 5.41) is 7.73. The minimum absolute atomic E-state index is 0.0722. The van der Waals surface area contributed by atoms with Crippen molar-refractivity contribution in [2.75, 3.05) is 24.6 Å². The van der Waals surface area contributed by atoms with Gasteiger partial charge in [0.2, 0.25) is 5.91 Å². The lowest BCUT2D eigenvalue weighted by Crippen LogP contribution is -2.40. The lowest BCUT2D eigenvalue weighted by atomic mass is 9.97. The average Bonchev–Trinajstić information content (AvgIpc) is 3.34. The zero-order valence-electron chi connectivity index (χ0n) is 14.5. The number of ether oxygens (including phenoxy) is 1. The maximum absolute atomic E-state index is 12.7. The normalized spacial score (nSPS) is 26.5. The number of hydrogen-bond donors (Lipinski definition) is 1. The van der Waals surface area contributed by atoms with E-state index >= 15 is 0 Å². The number of amides is 1. The van der Waals surface area contributed by atoms with Crippen LogP contribution in [0.5, 0.6) is 0 Å². The molecule has 6 heteroatoms. The van der Waals surface area contributed by atoms with Crippen molar-refractivity contribution < 1.29 is 9.53 Å². The highest BCUT2D eigenvalue weighted by atomic mass is 16.5.